The average molecular weight is 398 g/mol. The molecule has 2 heterocycles. The fourth-order valence-electron chi connectivity index (χ4n) is 1.94. The number of amides is 1. The van der Waals surface area contributed by atoms with Crippen LogP contribution in [0.25, 0.3) is 6.08 Å². The predicted molar refractivity (Wildman–Crippen MR) is 91.5 cm³/mol. The normalized spacial score (nSPS) is 16.8. The van der Waals surface area contributed by atoms with Crippen molar-refractivity contribution in [2.75, 3.05) is 0 Å². The minimum Gasteiger partial charge on any atom is -0.450 e. The molecule has 1 fully saturated rings. The number of thioether (sulfide) groups is 1. The molecule has 1 aromatic heterocycles. The molecule has 1 aliphatic rings. The van der Waals surface area contributed by atoms with Gasteiger partial charge < -0.3 is 4.42 Å². The molecule has 0 spiro atoms. The van der Waals surface area contributed by atoms with Crippen LogP contribution in [-0.2, 0) is 11.3 Å². The molecule has 0 saturated carbocycles. The number of carbonyl (C=O) groups excluding carboxylic acids is 1. The first kappa shape index (κ1) is 15.5. The average Bonchev–Trinajstić information content (AvgIpc) is 3.00. The van der Waals surface area contributed by atoms with E-state index < -0.39 is 0 Å². The Kier molecular flexibility index (Phi) is 4.46. The van der Waals surface area contributed by atoms with Crippen molar-refractivity contribution in [3.05, 3.63) is 63.1 Å². The van der Waals surface area contributed by atoms with Crippen molar-refractivity contribution >= 4 is 56.2 Å². The van der Waals surface area contributed by atoms with Crippen molar-refractivity contribution in [3.8, 4) is 0 Å². The highest BCUT2D eigenvalue weighted by Gasteiger charge is 2.32. The third kappa shape index (κ3) is 3.31. The summed E-state index contributed by atoms with van der Waals surface area (Å²) < 4.78 is 19.4. The second-order valence-corrected chi connectivity index (χ2v) is 6.99. The molecule has 1 aromatic carbocycles. The predicted octanol–water partition coefficient (Wildman–Crippen LogP) is 4.58. The second kappa shape index (κ2) is 6.36. The summed E-state index contributed by atoms with van der Waals surface area (Å²) >= 11 is 9.70. The van der Waals surface area contributed by atoms with E-state index in [2.05, 4.69) is 15.9 Å². The van der Waals surface area contributed by atoms with Crippen LogP contribution in [0.15, 0.2) is 50.4 Å². The van der Waals surface area contributed by atoms with Crippen LogP contribution in [0, 0.1) is 5.82 Å². The van der Waals surface area contributed by atoms with Gasteiger partial charge in [-0.3, -0.25) is 9.69 Å². The van der Waals surface area contributed by atoms with Crippen LogP contribution < -0.4 is 0 Å². The maximum absolute atomic E-state index is 12.9. The minimum atomic E-state index is -0.308. The van der Waals surface area contributed by atoms with Crippen LogP contribution in [0.3, 0.4) is 0 Å². The molecule has 112 valence electrons. The van der Waals surface area contributed by atoms with Gasteiger partial charge in [0, 0.05) is 6.08 Å². The number of carbonyl (C=O) groups is 1. The van der Waals surface area contributed by atoms with E-state index in [9.17, 15) is 9.18 Å². The zero-order valence-corrected chi connectivity index (χ0v) is 14.3. The van der Waals surface area contributed by atoms with Gasteiger partial charge >= 0.3 is 0 Å². The first-order chi connectivity index (χ1) is 10.5. The number of hydrogen-bond acceptors (Lipinski definition) is 4. The highest BCUT2D eigenvalue weighted by Crippen LogP contribution is 2.34. The largest absolute Gasteiger partial charge is 0.450 e. The fraction of sp³-hybridized carbons (Fsp3) is 0.0667. The molecule has 2 aromatic rings. The van der Waals surface area contributed by atoms with Gasteiger partial charge in [-0.25, -0.2) is 4.39 Å². The Morgan fingerprint density at radius 2 is 2.00 bits per heavy atom. The molecule has 7 heteroatoms. The SMILES string of the molecule is O=C1/C(=C\c2ccc(Br)o2)SC(=S)N1Cc1ccc(F)cc1. The molecule has 0 bridgehead atoms. The molecule has 0 unspecified atom stereocenters. The van der Waals surface area contributed by atoms with Gasteiger partial charge in [0.05, 0.1) is 11.4 Å². The van der Waals surface area contributed by atoms with Crippen molar-refractivity contribution in [2.45, 2.75) is 6.54 Å². The molecule has 0 atom stereocenters. The van der Waals surface area contributed by atoms with E-state index in [1.807, 2.05) is 0 Å². The summed E-state index contributed by atoms with van der Waals surface area (Å²) in [4.78, 5) is 14.4. The summed E-state index contributed by atoms with van der Waals surface area (Å²) in [7, 11) is 0. The first-order valence-corrected chi connectivity index (χ1v) is 8.30. The summed E-state index contributed by atoms with van der Waals surface area (Å²) in [5.41, 5.74) is 0.819. The summed E-state index contributed by atoms with van der Waals surface area (Å²) in [5.74, 6) is 0.0958. The molecule has 3 rings (SSSR count). The number of nitrogens with zero attached hydrogens (tertiary/aromatic N) is 1. The highest BCUT2D eigenvalue weighted by molar-refractivity contribution is 9.10. The van der Waals surface area contributed by atoms with Gasteiger partial charge in [-0.15, -0.1) is 0 Å². The van der Waals surface area contributed by atoms with Crippen molar-refractivity contribution in [2.24, 2.45) is 0 Å². The molecule has 1 aliphatic heterocycles. The third-order valence-electron chi connectivity index (χ3n) is 2.99. The van der Waals surface area contributed by atoms with Gasteiger partial charge in [-0.2, -0.15) is 0 Å². The highest BCUT2D eigenvalue weighted by atomic mass is 79.9. The van der Waals surface area contributed by atoms with E-state index in [-0.39, 0.29) is 11.7 Å². The zero-order chi connectivity index (χ0) is 15.7. The van der Waals surface area contributed by atoms with Gasteiger partial charge in [0.15, 0.2) is 4.67 Å². The molecule has 1 amide bonds. The van der Waals surface area contributed by atoms with Crippen LogP contribution in [0.1, 0.15) is 11.3 Å². The van der Waals surface area contributed by atoms with Crippen molar-refractivity contribution in [3.63, 3.8) is 0 Å². The third-order valence-corrected chi connectivity index (χ3v) is 4.80. The lowest BCUT2D eigenvalue weighted by Gasteiger charge is -2.14. The molecule has 0 aliphatic carbocycles. The maximum atomic E-state index is 12.9. The number of rotatable bonds is 3. The maximum Gasteiger partial charge on any atom is 0.266 e. The second-order valence-electron chi connectivity index (χ2n) is 4.54. The van der Waals surface area contributed by atoms with Crippen LogP contribution >= 0.6 is 39.9 Å². The summed E-state index contributed by atoms with van der Waals surface area (Å²) in [6, 6.07) is 9.52. The smallest absolute Gasteiger partial charge is 0.266 e. The van der Waals surface area contributed by atoms with Gasteiger partial charge in [0.1, 0.15) is 15.9 Å². The van der Waals surface area contributed by atoms with Gasteiger partial charge in [0.25, 0.3) is 5.91 Å². The number of benzene rings is 1. The Hall–Kier alpha value is -1.44. The quantitative estimate of drug-likeness (QED) is 0.560. The van der Waals surface area contributed by atoms with E-state index in [0.29, 0.717) is 26.2 Å². The first-order valence-electron chi connectivity index (χ1n) is 6.28. The van der Waals surface area contributed by atoms with Crippen molar-refractivity contribution in [1.82, 2.24) is 4.90 Å². The van der Waals surface area contributed by atoms with E-state index in [1.165, 1.54) is 28.8 Å². The molecule has 22 heavy (non-hydrogen) atoms. The van der Waals surface area contributed by atoms with Gasteiger partial charge in [0.2, 0.25) is 0 Å². The minimum absolute atomic E-state index is 0.174. The van der Waals surface area contributed by atoms with Crippen LogP contribution in [0.4, 0.5) is 4.39 Å². The van der Waals surface area contributed by atoms with E-state index >= 15 is 0 Å². The Morgan fingerprint density at radius 3 is 2.64 bits per heavy atom. The van der Waals surface area contributed by atoms with Gasteiger partial charge in [-0.1, -0.05) is 36.1 Å². The zero-order valence-electron chi connectivity index (χ0n) is 11.1. The van der Waals surface area contributed by atoms with Crippen molar-refractivity contribution in [1.29, 1.82) is 0 Å². The molecular weight excluding hydrogens is 389 g/mol. The molecule has 0 radical (unpaired) electrons. The summed E-state index contributed by atoms with van der Waals surface area (Å²) in [6.45, 7) is 0.324. The fourth-order valence-corrected chi connectivity index (χ4v) is 3.50. The number of furan rings is 1. The lowest BCUT2D eigenvalue weighted by Crippen LogP contribution is -2.27. The molecular formula is C15H9BrFNO2S2. The van der Waals surface area contributed by atoms with Crippen LogP contribution in [0.5, 0.6) is 0 Å². The summed E-state index contributed by atoms with van der Waals surface area (Å²) in [6.07, 6.45) is 1.66. The van der Waals surface area contributed by atoms with E-state index in [1.54, 1.807) is 30.3 Å². The van der Waals surface area contributed by atoms with Crippen molar-refractivity contribution < 1.29 is 13.6 Å². The number of thiocarbonyl (C=S) groups is 1. The van der Waals surface area contributed by atoms with Crippen LogP contribution in [0.2, 0.25) is 0 Å². The Morgan fingerprint density at radius 1 is 1.27 bits per heavy atom. The monoisotopic (exact) mass is 397 g/mol. The molecule has 0 N–H and O–H groups in total. The lowest BCUT2D eigenvalue weighted by atomic mass is 10.2. The van der Waals surface area contributed by atoms with E-state index in [4.69, 9.17) is 16.6 Å². The number of hydrogen-bond donors (Lipinski definition) is 0. The lowest BCUT2D eigenvalue weighted by molar-refractivity contribution is -0.122. The number of halogens is 2. The Bertz CT molecular complexity index is 770. The topological polar surface area (TPSA) is 33.5 Å². The Labute approximate surface area is 144 Å². The standard InChI is InChI=1S/C15H9BrFNO2S2/c16-13-6-5-11(20-13)7-12-14(19)18(15(21)22-12)8-9-1-3-10(17)4-2-9/h1-7H,8H2/b12-7+. The molecule has 1 saturated heterocycles. The Balaban J connectivity index is 1.79. The summed E-state index contributed by atoms with van der Waals surface area (Å²) in [5, 5.41) is 0. The van der Waals surface area contributed by atoms with Gasteiger partial charge in [-0.05, 0) is 45.8 Å². The van der Waals surface area contributed by atoms with E-state index in [0.717, 1.165) is 5.56 Å². The molecule has 3 nitrogen and oxygen atoms in total. The van der Waals surface area contributed by atoms with Crippen LogP contribution in [-0.4, -0.2) is 15.1 Å².